The van der Waals surface area contributed by atoms with Gasteiger partial charge in [-0.05, 0) is 45.3 Å². The minimum Gasteiger partial charge on any atom is -0.340 e. The number of likely N-dealkylation sites (tertiary alicyclic amines) is 1. The van der Waals surface area contributed by atoms with E-state index in [0.29, 0.717) is 18.5 Å². The van der Waals surface area contributed by atoms with E-state index in [9.17, 15) is 0 Å². The molecule has 0 amide bonds. The summed E-state index contributed by atoms with van der Waals surface area (Å²) in [6.45, 7) is 10.7. The molecular weight excluding hydrogens is 228 g/mol. The van der Waals surface area contributed by atoms with Gasteiger partial charge in [0.15, 0.2) is 5.82 Å². The van der Waals surface area contributed by atoms with Crippen LogP contribution in [0.25, 0.3) is 0 Å². The topological polar surface area (TPSA) is 54.2 Å². The van der Waals surface area contributed by atoms with E-state index < -0.39 is 0 Å². The van der Waals surface area contributed by atoms with Gasteiger partial charge in [-0.2, -0.15) is 4.98 Å². The number of aryl methyl sites for hydroxylation is 1. The summed E-state index contributed by atoms with van der Waals surface area (Å²) in [5.74, 6) is 2.15. The third-order valence-corrected chi connectivity index (χ3v) is 3.94. The highest BCUT2D eigenvalue weighted by atomic mass is 16.5. The van der Waals surface area contributed by atoms with Gasteiger partial charge in [-0.1, -0.05) is 12.1 Å². The van der Waals surface area contributed by atoms with Gasteiger partial charge in [0, 0.05) is 13.0 Å². The molecule has 1 fully saturated rings. The van der Waals surface area contributed by atoms with Gasteiger partial charge in [-0.3, -0.25) is 0 Å². The van der Waals surface area contributed by atoms with Gasteiger partial charge in [0.25, 0.3) is 0 Å². The van der Waals surface area contributed by atoms with Gasteiger partial charge in [-0.25, -0.2) is 0 Å². The molecule has 1 N–H and O–H groups in total. The summed E-state index contributed by atoms with van der Waals surface area (Å²) in [4.78, 5) is 6.72. The molecule has 1 aliphatic rings. The van der Waals surface area contributed by atoms with Gasteiger partial charge >= 0.3 is 0 Å². The van der Waals surface area contributed by atoms with Crippen molar-refractivity contribution in [1.82, 2.24) is 20.4 Å². The Labute approximate surface area is 109 Å². The maximum absolute atomic E-state index is 4.96. The van der Waals surface area contributed by atoms with Crippen LogP contribution in [-0.2, 0) is 6.54 Å². The number of piperidine rings is 1. The molecule has 0 aromatic carbocycles. The first-order valence-corrected chi connectivity index (χ1v) is 6.94. The molecule has 0 bridgehead atoms. The van der Waals surface area contributed by atoms with E-state index >= 15 is 0 Å². The number of hydrogen-bond acceptors (Lipinski definition) is 5. The molecule has 102 valence electrons. The molecule has 0 radical (unpaired) electrons. The van der Waals surface area contributed by atoms with E-state index in [4.69, 9.17) is 4.52 Å². The highest BCUT2D eigenvalue weighted by molar-refractivity contribution is 4.85. The fourth-order valence-electron chi connectivity index (χ4n) is 2.60. The highest BCUT2D eigenvalue weighted by Gasteiger charge is 2.23. The maximum Gasteiger partial charge on any atom is 0.223 e. The van der Waals surface area contributed by atoms with Gasteiger partial charge in [0.1, 0.15) is 0 Å². The number of hydrogen-bond donors (Lipinski definition) is 1. The van der Waals surface area contributed by atoms with Crippen molar-refractivity contribution in [2.75, 3.05) is 19.6 Å². The fraction of sp³-hybridized carbons (Fsp3) is 0.846. The second-order valence-corrected chi connectivity index (χ2v) is 5.17. The molecule has 5 nitrogen and oxygen atoms in total. The van der Waals surface area contributed by atoms with Crippen LogP contribution in [0.4, 0.5) is 0 Å². The van der Waals surface area contributed by atoms with Crippen molar-refractivity contribution < 1.29 is 4.52 Å². The molecule has 1 aromatic heterocycles. The Morgan fingerprint density at radius 1 is 1.44 bits per heavy atom. The largest absolute Gasteiger partial charge is 0.340 e. The van der Waals surface area contributed by atoms with Crippen molar-refractivity contribution >= 4 is 0 Å². The minimum atomic E-state index is 0.516. The summed E-state index contributed by atoms with van der Waals surface area (Å²) in [5.41, 5.74) is 0. The molecule has 18 heavy (non-hydrogen) atoms. The Hall–Kier alpha value is -0.940. The van der Waals surface area contributed by atoms with Crippen molar-refractivity contribution in [3.8, 4) is 0 Å². The van der Waals surface area contributed by atoms with Gasteiger partial charge in [0.05, 0.1) is 6.54 Å². The van der Waals surface area contributed by atoms with Crippen molar-refractivity contribution in [2.24, 2.45) is 5.92 Å². The Morgan fingerprint density at radius 2 is 2.17 bits per heavy atom. The van der Waals surface area contributed by atoms with Gasteiger partial charge in [-0.15, -0.1) is 0 Å². The third-order valence-electron chi connectivity index (χ3n) is 3.94. The predicted octanol–water partition coefficient (Wildman–Crippen LogP) is 1.59. The van der Waals surface area contributed by atoms with Crippen LogP contribution in [0.2, 0.25) is 0 Å². The molecule has 2 heterocycles. The van der Waals surface area contributed by atoms with Crippen LogP contribution in [0.15, 0.2) is 4.52 Å². The molecular formula is C13H24N4O. The molecule has 1 aliphatic heterocycles. The predicted molar refractivity (Wildman–Crippen MR) is 70.2 cm³/mol. The monoisotopic (exact) mass is 252 g/mol. The Morgan fingerprint density at radius 3 is 2.72 bits per heavy atom. The fourth-order valence-corrected chi connectivity index (χ4v) is 2.60. The molecule has 5 heteroatoms. The molecule has 1 aromatic rings. The zero-order valence-corrected chi connectivity index (χ0v) is 11.6. The molecule has 1 unspecified atom stereocenters. The summed E-state index contributed by atoms with van der Waals surface area (Å²) < 4.78 is 4.96. The Kier molecular flexibility index (Phi) is 4.72. The number of aromatic nitrogens is 2. The molecule has 2 rings (SSSR count). The zero-order valence-electron chi connectivity index (χ0n) is 11.6. The normalized spacial score (nSPS) is 20.2. The van der Waals surface area contributed by atoms with Crippen LogP contribution in [-0.4, -0.2) is 40.7 Å². The number of nitrogens with zero attached hydrogens (tertiary/aromatic N) is 3. The Balaban J connectivity index is 1.73. The second kappa shape index (κ2) is 6.29. The first kappa shape index (κ1) is 13.5. The van der Waals surface area contributed by atoms with E-state index in [1.807, 2.05) is 6.92 Å². The van der Waals surface area contributed by atoms with Crippen LogP contribution < -0.4 is 5.32 Å². The third kappa shape index (κ3) is 3.53. The van der Waals surface area contributed by atoms with E-state index in [0.717, 1.165) is 11.7 Å². The second-order valence-electron chi connectivity index (χ2n) is 5.17. The summed E-state index contributed by atoms with van der Waals surface area (Å²) in [7, 11) is 0. The molecule has 0 aliphatic carbocycles. The smallest absolute Gasteiger partial charge is 0.223 e. The van der Waals surface area contributed by atoms with Crippen LogP contribution in [0.3, 0.4) is 0 Å². The van der Waals surface area contributed by atoms with Crippen molar-refractivity contribution in [1.29, 1.82) is 0 Å². The summed E-state index contributed by atoms with van der Waals surface area (Å²) in [6.07, 6.45) is 2.57. The lowest BCUT2D eigenvalue weighted by atomic mass is 9.90. The molecule has 0 spiro atoms. The maximum atomic E-state index is 4.96. The highest BCUT2D eigenvalue weighted by Crippen LogP contribution is 2.20. The van der Waals surface area contributed by atoms with Crippen LogP contribution in [0.5, 0.6) is 0 Å². The van der Waals surface area contributed by atoms with E-state index in [1.165, 1.54) is 32.5 Å². The summed E-state index contributed by atoms with van der Waals surface area (Å²) in [6, 6.07) is 0.516. The molecule has 1 saturated heterocycles. The standard InChI is InChI=1S/C13H24N4O/c1-4-17-7-5-12(6-8-17)10(2)14-9-13-15-11(3)18-16-13/h10,12,14H,4-9H2,1-3H3. The minimum absolute atomic E-state index is 0.516. The van der Waals surface area contributed by atoms with Crippen molar-refractivity contribution in [3.05, 3.63) is 11.7 Å². The van der Waals surface area contributed by atoms with Crippen molar-refractivity contribution in [3.63, 3.8) is 0 Å². The van der Waals surface area contributed by atoms with E-state index in [1.54, 1.807) is 0 Å². The van der Waals surface area contributed by atoms with E-state index in [-0.39, 0.29) is 0 Å². The SMILES string of the molecule is CCN1CCC(C(C)NCc2noc(C)n2)CC1. The average Bonchev–Trinajstić information content (AvgIpc) is 2.82. The zero-order chi connectivity index (χ0) is 13.0. The first-order chi connectivity index (χ1) is 8.69. The van der Waals surface area contributed by atoms with Crippen molar-refractivity contribution in [2.45, 2.75) is 46.2 Å². The summed E-state index contributed by atoms with van der Waals surface area (Å²) in [5, 5.41) is 7.41. The molecule has 1 atom stereocenters. The van der Waals surface area contributed by atoms with Crippen LogP contribution in [0.1, 0.15) is 38.4 Å². The number of nitrogens with one attached hydrogen (secondary N) is 1. The van der Waals surface area contributed by atoms with Gasteiger partial charge in [0.2, 0.25) is 5.89 Å². The lowest BCUT2D eigenvalue weighted by Gasteiger charge is -2.34. The quantitative estimate of drug-likeness (QED) is 0.862. The lowest BCUT2D eigenvalue weighted by molar-refractivity contribution is 0.168. The first-order valence-electron chi connectivity index (χ1n) is 6.94. The molecule has 0 saturated carbocycles. The summed E-state index contributed by atoms with van der Waals surface area (Å²) >= 11 is 0. The van der Waals surface area contributed by atoms with Crippen LogP contribution >= 0.6 is 0 Å². The van der Waals surface area contributed by atoms with Gasteiger partial charge < -0.3 is 14.7 Å². The van der Waals surface area contributed by atoms with E-state index in [2.05, 4.69) is 34.2 Å². The average molecular weight is 252 g/mol. The van der Waals surface area contributed by atoms with Crippen LogP contribution in [0, 0.1) is 12.8 Å². The Bertz CT molecular complexity index is 358. The number of rotatable bonds is 5. The lowest BCUT2D eigenvalue weighted by Crippen LogP contribution is -2.41.